The van der Waals surface area contributed by atoms with Crippen LogP contribution in [0.15, 0.2) is 6.07 Å². The number of carboxylic acids is 1. The number of hydrogen-bond acceptors (Lipinski definition) is 3. The fourth-order valence-corrected chi connectivity index (χ4v) is 0.777. The van der Waals surface area contributed by atoms with E-state index in [1.165, 1.54) is 0 Å². The molecule has 0 spiro atoms. The first-order valence-corrected chi connectivity index (χ1v) is 3.72. The molecular formula is C7H9N3O3. The number of rotatable bonds is 2. The van der Waals surface area contributed by atoms with Gasteiger partial charge in [-0.2, -0.15) is 5.10 Å². The van der Waals surface area contributed by atoms with Crippen molar-refractivity contribution in [3.05, 3.63) is 11.8 Å². The summed E-state index contributed by atoms with van der Waals surface area (Å²) in [7, 11) is 0. The van der Waals surface area contributed by atoms with Gasteiger partial charge in [0.2, 0.25) is 0 Å². The number of nitrogens with one attached hydrogen (secondary N) is 2. The van der Waals surface area contributed by atoms with Crippen LogP contribution in [0.25, 0.3) is 0 Å². The Labute approximate surface area is 74.0 Å². The Morgan fingerprint density at radius 2 is 2.38 bits per heavy atom. The van der Waals surface area contributed by atoms with Gasteiger partial charge in [-0.15, -0.1) is 0 Å². The number of aromatic amines is 1. The van der Waals surface area contributed by atoms with Crippen molar-refractivity contribution in [3.8, 4) is 0 Å². The summed E-state index contributed by atoms with van der Waals surface area (Å²) in [6.45, 7) is 1.91. The van der Waals surface area contributed by atoms with Crippen LogP contribution < -0.4 is 5.32 Å². The topological polar surface area (TPSA) is 95.1 Å². The van der Waals surface area contributed by atoms with Crippen molar-refractivity contribution in [1.29, 1.82) is 0 Å². The van der Waals surface area contributed by atoms with Crippen molar-refractivity contribution in [3.63, 3.8) is 0 Å². The fourth-order valence-electron chi connectivity index (χ4n) is 0.777. The van der Waals surface area contributed by atoms with E-state index < -0.39 is 11.9 Å². The monoisotopic (exact) mass is 183 g/mol. The van der Waals surface area contributed by atoms with Gasteiger partial charge in [0.15, 0.2) is 5.82 Å². The van der Waals surface area contributed by atoms with Gasteiger partial charge < -0.3 is 5.11 Å². The minimum absolute atomic E-state index is 0.226. The van der Waals surface area contributed by atoms with Crippen molar-refractivity contribution in [2.24, 2.45) is 0 Å². The number of aliphatic carboxylic acids is 1. The molecule has 6 nitrogen and oxygen atoms in total. The molecule has 0 aliphatic carbocycles. The molecule has 0 saturated heterocycles. The molecule has 6 heteroatoms. The molecule has 1 aromatic heterocycles. The number of aromatic nitrogens is 2. The normalized spacial score (nSPS) is 9.62. The predicted molar refractivity (Wildman–Crippen MR) is 44.2 cm³/mol. The Bertz CT molecular complexity index is 331. The number of amides is 1. The summed E-state index contributed by atoms with van der Waals surface area (Å²) in [4.78, 5) is 20.8. The molecule has 3 N–H and O–H groups in total. The van der Waals surface area contributed by atoms with Gasteiger partial charge in [0.05, 0.1) is 0 Å². The SMILES string of the molecule is CCc1cc(NC(=O)C(=O)O)n[nH]1. The van der Waals surface area contributed by atoms with E-state index >= 15 is 0 Å². The maximum atomic E-state index is 10.6. The van der Waals surface area contributed by atoms with Crippen LogP contribution in [-0.4, -0.2) is 27.2 Å². The van der Waals surface area contributed by atoms with Gasteiger partial charge in [0, 0.05) is 11.8 Å². The van der Waals surface area contributed by atoms with E-state index in [1.54, 1.807) is 6.07 Å². The molecule has 0 aliphatic heterocycles. The number of carbonyl (C=O) groups excluding carboxylic acids is 1. The van der Waals surface area contributed by atoms with Crippen LogP contribution in [0.2, 0.25) is 0 Å². The van der Waals surface area contributed by atoms with Crippen molar-refractivity contribution in [1.82, 2.24) is 10.2 Å². The average molecular weight is 183 g/mol. The zero-order valence-corrected chi connectivity index (χ0v) is 7.00. The van der Waals surface area contributed by atoms with Crippen LogP contribution in [0.5, 0.6) is 0 Å². The summed E-state index contributed by atoms with van der Waals surface area (Å²) < 4.78 is 0. The Kier molecular flexibility index (Phi) is 2.63. The minimum Gasteiger partial charge on any atom is -0.474 e. The lowest BCUT2D eigenvalue weighted by Gasteiger charge is -1.93. The Morgan fingerprint density at radius 1 is 1.69 bits per heavy atom. The highest BCUT2D eigenvalue weighted by atomic mass is 16.4. The predicted octanol–water partition coefficient (Wildman–Crippen LogP) is -0.00480. The summed E-state index contributed by atoms with van der Waals surface area (Å²) in [5, 5.41) is 16.7. The second-order valence-electron chi connectivity index (χ2n) is 2.39. The summed E-state index contributed by atoms with van der Waals surface area (Å²) >= 11 is 0. The standard InChI is InChI=1S/C7H9N3O3/c1-2-4-3-5(10-9-4)8-6(11)7(12)13/h3H,2H2,1H3,(H,12,13)(H2,8,9,10,11). The molecule has 0 saturated carbocycles. The third kappa shape index (κ3) is 2.29. The molecule has 0 atom stereocenters. The van der Waals surface area contributed by atoms with Crippen LogP contribution in [0.4, 0.5) is 5.82 Å². The maximum absolute atomic E-state index is 10.6. The second kappa shape index (κ2) is 3.70. The molecule has 0 bridgehead atoms. The molecule has 0 radical (unpaired) electrons. The zero-order valence-electron chi connectivity index (χ0n) is 7.00. The molecular weight excluding hydrogens is 174 g/mol. The lowest BCUT2D eigenvalue weighted by Crippen LogP contribution is -2.21. The number of aryl methyl sites for hydroxylation is 1. The molecule has 1 amide bonds. The third-order valence-corrected chi connectivity index (χ3v) is 1.45. The highest BCUT2D eigenvalue weighted by Crippen LogP contribution is 2.04. The van der Waals surface area contributed by atoms with Crippen LogP contribution in [0.3, 0.4) is 0 Å². The van der Waals surface area contributed by atoms with E-state index in [-0.39, 0.29) is 5.82 Å². The first-order chi connectivity index (χ1) is 6.13. The number of hydrogen-bond donors (Lipinski definition) is 3. The summed E-state index contributed by atoms with van der Waals surface area (Å²) in [6, 6.07) is 1.58. The molecule has 1 heterocycles. The highest BCUT2D eigenvalue weighted by molar-refractivity contribution is 6.36. The summed E-state index contributed by atoms with van der Waals surface area (Å²) in [5.74, 6) is -2.39. The zero-order chi connectivity index (χ0) is 9.84. The van der Waals surface area contributed by atoms with E-state index in [2.05, 4.69) is 15.5 Å². The minimum atomic E-state index is -1.53. The third-order valence-electron chi connectivity index (χ3n) is 1.45. The van der Waals surface area contributed by atoms with E-state index in [9.17, 15) is 9.59 Å². The van der Waals surface area contributed by atoms with Gasteiger partial charge in [-0.05, 0) is 6.42 Å². The highest BCUT2D eigenvalue weighted by Gasteiger charge is 2.12. The van der Waals surface area contributed by atoms with E-state index in [4.69, 9.17) is 5.11 Å². The first kappa shape index (κ1) is 9.24. The Morgan fingerprint density at radius 3 is 2.85 bits per heavy atom. The van der Waals surface area contributed by atoms with Crippen molar-refractivity contribution in [2.75, 3.05) is 5.32 Å². The Hall–Kier alpha value is -1.85. The van der Waals surface area contributed by atoms with Crippen LogP contribution in [-0.2, 0) is 16.0 Å². The molecule has 0 fully saturated rings. The lowest BCUT2D eigenvalue weighted by molar-refractivity contribution is -0.147. The molecule has 0 aromatic carbocycles. The van der Waals surface area contributed by atoms with Gasteiger partial charge in [0.1, 0.15) is 0 Å². The molecule has 1 rings (SSSR count). The van der Waals surface area contributed by atoms with Gasteiger partial charge in [-0.25, -0.2) is 4.79 Å². The molecule has 0 aliphatic rings. The largest absolute Gasteiger partial charge is 0.474 e. The quantitative estimate of drug-likeness (QED) is 0.562. The molecule has 1 aromatic rings. The summed E-state index contributed by atoms with van der Waals surface area (Å²) in [5.41, 5.74) is 0.834. The van der Waals surface area contributed by atoms with E-state index in [1.807, 2.05) is 6.92 Å². The van der Waals surface area contributed by atoms with Gasteiger partial charge in [-0.3, -0.25) is 15.2 Å². The van der Waals surface area contributed by atoms with Crippen molar-refractivity contribution >= 4 is 17.7 Å². The number of nitrogens with zero attached hydrogens (tertiary/aromatic N) is 1. The molecule has 0 unspecified atom stereocenters. The number of H-pyrrole nitrogens is 1. The van der Waals surface area contributed by atoms with Gasteiger partial charge in [-0.1, -0.05) is 6.92 Å². The first-order valence-electron chi connectivity index (χ1n) is 3.72. The maximum Gasteiger partial charge on any atom is 0.394 e. The van der Waals surface area contributed by atoms with Gasteiger partial charge in [0.25, 0.3) is 0 Å². The van der Waals surface area contributed by atoms with Gasteiger partial charge >= 0.3 is 11.9 Å². The second-order valence-corrected chi connectivity index (χ2v) is 2.39. The van der Waals surface area contributed by atoms with E-state index in [0.29, 0.717) is 0 Å². The van der Waals surface area contributed by atoms with Crippen LogP contribution >= 0.6 is 0 Å². The number of anilines is 1. The smallest absolute Gasteiger partial charge is 0.394 e. The van der Waals surface area contributed by atoms with Crippen LogP contribution in [0, 0.1) is 0 Å². The Balaban J connectivity index is 2.64. The fraction of sp³-hybridized carbons (Fsp3) is 0.286. The number of carbonyl (C=O) groups is 2. The molecule has 70 valence electrons. The average Bonchev–Trinajstić information content (AvgIpc) is 2.52. The number of carboxylic acid groups (broad SMARTS) is 1. The lowest BCUT2D eigenvalue weighted by atomic mass is 10.3. The van der Waals surface area contributed by atoms with Crippen molar-refractivity contribution < 1.29 is 14.7 Å². The van der Waals surface area contributed by atoms with E-state index in [0.717, 1.165) is 12.1 Å². The van der Waals surface area contributed by atoms with Crippen LogP contribution in [0.1, 0.15) is 12.6 Å². The molecule has 13 heavy (non-hydrogen) atoms. The van der Waals surface area contributed by atoms with Crippen molar-refractivity contribution in [2.45, 2.75) is 13.3 Å². The summed E-state index contributed by atoms with van der Waals surface area (Å²) in [6.07, 6.45) is 0.746.